The Hall–Kier alpha value is -1.43. The van der Waals surface area contributed by atoms with Crippen molar-refractivity contribution in [2.45, 2.75) is 45.4 Å². The van der Waals surface area contributed by atoms with Gasteiger partial charge in [0.2, 0.25) is 11.8 Å². The number of aromatic nitrogens is 1. The molecule has 3 rings (SSSR count). The van der Waals surface area contributed by atoms with Gasteiger partial charge in [-0.2, -0.15) is 0 Å². The van der Waals surface area contributed by atoms with Crippen molar-refractivity contribution in [1.82, 2.24) is 15.2 Å². The molecule has 1 fully saturated rings. The zero-order chi connectivity index (χ0) is 15.7. The Bertz CT molecular complexity index is 584. The second-order valence-corrected chi connectivity index (χ2v) is 7.61. The summed E-state index contributed by atoms with van der Waals surface area (Å²) in [6.07, 6.45) is 4.18. The van der Waals surface area contributed by atoms with Crippen molar-refractivity contribution in [3.63, 3.8) is 0 Å². The Morgan fingerprint density at radius 1 is 1.41 bits per heavy atom. The minimum absolute atomic E-state index is 0.0517. The number of rotatable bonds is 3. The number of thiazole rings is 1. The number of hydrogen-bond donors (Lipinski definition) is 1. The molecule has 1 aromatic heterocycles. The van der Waals surface area contributed by atoms with Crippen LogP contribution in [0.15, 0.2) is 0 Å². The number of nitrogens with one attached hydrogen (secondary N) is 1. The van der Waals surface area contributed by atoms with Crippen molar-refractivity contribution in [1.29, 1.82) is 0 Å². The van der Waals surface area contributed by atoms with Crippen LogP contribution in [-0.4, -0.2) is 41.3 Å². The van der Waals surface area contributed by atoms with Crippen LogP contribution in [0.5, 0.6) is 0 Å². The van der Waals surface area contributed by atoms with Gasteiger partial charge in [-0.25, -0.2) is 4.98 Å². The number of aryl methyl sites for hydroxylation is 2. The first kappa shape index (κ1) is 15.5. The number of hydrogen-bond acceptors (Lipinski definition) is 4. The maximum absolute atomic E-state index is 12.3. The molecule has 2 atom stereocenters. The third kappa shape index (κ3) is 3.16. The highest BCUT2D eigenvalue weighted by Gasteiger charge is 2.30. The molecule has 1 aliphatic heterocycles. The first-order valence-electron chi connectivity index (χ1n) is 8.04. The van der Waals surface area contributed by atoms with Gasteiger partial charge in [0.15, 0.2) is 0 Å². The predicted octanol–water partition coefficient (Wildman–Crippen LogP) is 1.86. The Labute approximate surface area is 135 Å². The summed E-state index contributed by atoms with van der Waals surface area (Å²) >= 11 is 1.79. The highest BCUT2D eigenvalue weighted by molar-refractivity contribution is 7.11. The summed E-state index contributed by atoms with van der Waals surface area (Å²) in [6.45, 7) is 5.55. The molecular weight excluding hydrogens is 298 g/mol. The normalized spacial score (nSPS) is 24.2. The van der Waals surface area contributed by atoms with E-state index in [1.165, 1.54) is 17.0 Å². The van der Waals surface area contributed by atoms with Crippen LogP contribution in [0.25, 0.3) is 0 Å². The summed E-state index contributed by atoms with van der Waals surface area (Å²) in [4.78, 5) is 31.5. The highest BCUT2D eigenvalue weighted by Crippen LogP contribution is 2.34. The van der Waals surface area contributed by atoms with Crippen LogP contribution < -0.4 is 5.32 Å². The Morgan fingerprint density at radius 2 is 2.23 bits per heavy atom. The average molecular weight is 321 g/mol. The van der Waals surface area contributed by atoms with Gasteiger partial charge in [0, 0.05) is 37.4 Å². The van der Waals surface area contributed by atoms with Crippen LogP contribution >= 0.6 is 11.3 Å². The molecule has 0 bridgehead atoms. The molecular formula is C16H23N3O2S. The fourth-order valence-electron chi connectivity index (χ4n) is 3.46. The largest absolute Gasteiger partial charge is 0.355 e. The standard InChI is InChI=1S/C16H23N3O2S/c1-10-18-15-12(4-3-5-14(15)22-10)8-17-16(21)13-6-7-19(9-13)11(2)20/h12-13H,3-9H2,1-2H3,(H,17,21). The smallest absolute Gasteiger partial charge is 0.224 e. The molecule has 1 aromatic rings. The topological polar surface area (TPSA) is 62.3 Å². The minimum Gasteiger partial charge on any atom is -0.355 e. The molecule has 1 saturated heterocycles. The summed E-state index contributed by atoms with van der Waals surface area (Å²) < 4.78 is 0. The second kappa shape index (κ2) is 6.36. The second-order valence-electron chi connectivity index (χ2n) is 6.33. The quantitative estimate of drug-likeness (QED) is 0.924. The van der Waals surface area contributed by atoms with E-state index in [9.17, 15) is 9.59 Å². The lowest BCUT2D eigenvalue weighted by Gasteiger charge is -2.22. The van der Waals surface area contributed by atoms with E-state index in [0.717, 1.165) is 24.3 Å². The first-order valence-corrected chi connectivity index (χ1v) is 8.85. The van der Waals surface area contributed by atoms with Crippen molar-refractivity contribution in [3.8, 4) is 0 Å². The molecule has 2 aliphatic rings. The van der Waals surface area contributed by atoms with E-state index in [4.69, 9.17) is 0 Å². The predicted molar refractivity (Wildman–Crippen MR) is 85.9 cm³/mol. The molecule has 5 nitrogen and oxygen atoms in total. The zero-order valence-corrected chi connectivity index (χ0v) is 14.0. The van der Waals surface area contributed by atoms with Crippen LogP contribution in [0, 0.1) is 12.8 Å². The fraction of sp³-hybridized carbons (Fsp3) is 0.688. The summed E-state index contributed by atoms with van der Waals surface area (Å²) in [6, 6.07) is 0. The SMILES string of the molecule is CC(=O)N1CCC(C(=O)NCC2CCCc3sc(C)nc32)C1. The van der Waals surface area contributed by atoms with E-state index in [1.54, 1.807) is 23.2 Å². The van der Waals surface area contributed by atoms with Gasteiger partial charge >= 0.3 is 0 Å². The summed E-state index contributed by atoms with van der Waals surface area (Å²) in [7, 11) is 0. The molecule has 1 N–H and O–H groups in total. The molecule has 0 aromatic carbocycles. The van der Waals surface area contributed by atoms with Crippen molar-refractivity contribution < 1.29 is 9.59 Å². The molecule has 2 amide bonds. The number of nitrogens with zero attached hydrogens (tertiary/aromatic N) is 2. The van der Waals surface area contributed by atoms with Gasteiger partial charge < -0.3 is 10.2 Å². The maximum Gasteiger partial charge on any atom is 0.224 e. The van der Waals surface area contributed by atoms with Crippen molar-refractivity contribution in [2.75, 3.05) is 19.6 Å². The molecule has 0 spiro atoms. The Morgan fingerprint density at radius 3 is 2.95 bits per heavy atom. The van der Waals surface area contributed by atoms with Gasteiger partial charge in [-0.05, 0) is 32.6 Å². The first-order chi connectivity index (χ1) is 10.5. The number of amides is 2. The summed E-state index contributed by atoms with van der Waals surface area (Å²) in [5, 5.41) is 4.21. The van der Waals surface area contributed by atoms with E-state index >= 15 is 0 Å². The number of carbonyl (C=O) groups is 2. The maximum atomic E-state index is 12.3. The van der Waals surface area contributed by atoms with Gasteiger partial charge in [0.05, 0.1) is 16.6 Å². The van der Waals surface area contributed by atoms with Crippen LogP contribution in [0.3, 0.4) is 0 Å². The Balaban J connectivity index is 1.55. The van der Waals surface area contributed by atoms with Crippen molar-refractivity contribution in [2.24, 2.45) is 5.92 Å². The molecule has 2 heterocycles. The lowest BCUT2D eigenvalue weighted by Crippen LogP contribution is -2.36. The van der Waals surface area contributed by atoms with Crippen LogP contribution in [0.2, 0.25) is 0 Å². The lowest BCUT2D eigenvalue weighted by atomic mass is 9.91. The van der Waals surface area contributed by atoms with E-state index in [1.807, 2.05) is 6.92 Å². The molecule has 2 unspecified atom stereocenters. The van der Waals surface area contributed by atoms with Gasteiger partial charge in [-0.15, -0.1) is 11.3 Å². The minimum atomic E-state index is -0.0517. The molecule has 6 heteroatoms. The van der Waals surface area contributed by atoms with Gasteiger partial charge in [0.1, 0.15) is 0 Å². The van der Waals surface area contributed by atoms with Gasteiger partial charge in [-0.3, -0.25) is 9.59 Å². The van der Waals surface area contributed by atoms with Crippen LogP contribution in [-0.2, 0) is 16.0 Å². The van der Waals surface area contributed by atoms with Crippen LogP contribution in [0.4, 0.5) is 0 Å². The van der Waals surface area contributed by atoms with Gasteiger partial charge in [0.25, 0.3) is 0 Å². The third-order valence-electron chi connectivity index (χ3n) is 4.70. The van der Waals surface area contributed by atoms with Gasteiger partial charge in [-0.1, -0.05) is 0 Å². The zero-order valence-electron chi connectivity index (χ0n) is 13.2. The summed E-state index contributed by atoms with van der Waals surface area (Å²) in [5.41, 5.74) is 1.20. The number of fused-ring (bicyclic) bond motifs is 1. The third-order valence-corrected chi connectivity index (χ3v) is 5.75. The summed E-state index contributed by atoms with van der Waals surface area (Å²) in [5.74, 6) is 0.445. The van der Waals surface area contributed by atoms with E-state index in [-0.39, 0.29) is 17.7 Å². The fourth-order valence-corrected chi connectivity index (χ4v) is 4.52. The van der Waals surface area contributed by atoms with E-state index < -0.39 is 0 Å². The molecule has 22 heavy (non-hydrogen) atoms. The number of carbonyl (C=O) groups excluding carboxylic acids is 2. The number of likely N-dealkylation sites (tertiary alicyclic amines) is 1. The lowest BCUT2D eigenvalue weighted by molar-refractivity contribution is -0.128. The van der Waals surface area contributed by atoms with Crippen LogP contribution in [0.1, 0.15) is 47.7 Å². The van der Waals surface area contributed by atoms with E-state index in [0.29, 0.717) is 25.6 Å². The molecule has 0 radical (unpaired) electrons. The molecule has 1 aliphatic carbocycles. The highest BCUT2D eigenvalue weighted by atomic mass is 32.1. The van der Waals surface area contributed by atoms with E-state index in [2.05, 4.69) is 10.3 Å². The Kier molecular flexibility index (Phi) is 4.47. The molecule has 120 valence electrons. The van der Waals surface area contributed by atoms with Crippen molar-refractivity contribution >= 4 is 23.2 Å². The van der Waals surface area contributed by atoms with Crippen molar-refractivity contribution in [3.05, 3.63) is 15.6 Å². The monoisotopic (exact) mass is 321 g/mol. The molecule has 0 saturated carbocycles. The average Bonchev–Trinajstić information content (AvgIpc) is 3.10.